The van der Waals surface area contributed by atoms with Gasteiger partial charge in [-0.2, -0.15) is 15.0 Å². The molecule has 5 heteroatoms. The van der Waals surface area contributed by atoms with E-state index in [1.54, 1.807) is 12.4 Å². The number of carbonyl (C=O) groups excluding carboxylic acids is 1. The van der Waals surface area contributed by atoms with E-state index >= 15 is 0 Å². The Balaban J connectivity index is 1.26. The molecule has 2 bridgehead atoms. The SMILES string of the molecule is O=C(Cc1ccc(-c2ccccc2)cc1)N1C2CCC1CC(n1nccn1)C2. The maximum Gasteiger partial charge on any atom is 0.227 e. The van der Waals surface area contributed by atoms with Crippen molar-refractivity contribution in [3.05, 3.63) is 72.6 Å². The smallest absolute Gasteiger partial charge is 0.227 e. The molecule has 2 atom stereocenters. The van der Waals surface area contributed by atoms with Gasteiger partial charge in [-0.15, -0.1) is 0 Å². The number of fused-ring (bicyclic) bond motifs is 2. The predicted octanol–water partition coefficient (Wildman–Crippen LogP) is 3.88. The topological polar surface area (TPSA) is 51.0 Å². The quantitative estimate of drug-likeness (QED) is 0.698. The molecule has 3 heterocycles. The van der Waals surface area contributed by atoms with Crippen molar-refractivity contribution in [3.8, 4) is 11.1 Å². The fraction of sp³-hybridized carbons (Fsp3) is 0.348. The minimum Gasteiger partial charge on any atom is -0.336 e. The molecule has 1 amide bonds. The summed E-state index contributed by atoms with van der Waals surface area (Å²) >= 11 is 0. The molecule has 2 aliphatic rings. The van der Waals surface area contributed by atoms with Crippen LogP contribution in [0.25, 0.3) is 11.1 Å². The van der Waals surface area contributed by atoms with Crippen molar-refractivity contribution >= 4 is 5.91 Å². The summed E-state index contributed by atoms with van der Waals surface area (Å²) in [5.74, 6) is 0.256. The molecule has 2 saturated heterocycles. The lowest BCUT2D eigenvalue weighted by Crippen LogP contribution is -2.47. The van der Waals surface area contributed by atoms with E-state index in [2.05, 4.69) is 51.5 Å². The zero-order valence-corrected chi connectivity index (χ0v) is 15.8. The summed E-state index contributed by atoms with van der Waals surface area (Å²) in [6, 6.07) is 19.7. The minimum atomic E-state index is 0.256. The number of rotatable bonds is 4. The molecule has 0 saturated carbocycles. The van der Waals surface area contributed by atoms with Crippen LogP contribution in [-0.4, -0.2) is 37.9 Å². The first-order chi connectivity index (χ1) is 13.8. The Kier molecular flexibility index (Phi) is 4.43. The first-order valence-corrected chi connectivity index (χ1v) is 10.1. The van der Waals surface area contributed by atoms with Crippen molar-refractivity contribution in [3.63, 3.8) is 0 Å². The Morgan fingerprint density at radius 1 is 0.821 bits per heavy atom. The maximum atomic E-state index is 13.1. The molecular formula is C23H24N4O. The zero-order chi connectivity index (χ0) is 18.9. The van der Waals surface area contributed by atoms with Gasteiger partial charge in [-0.05, 0) is 42.4 Å². The third-order valence-corrected chi connectivity index (χ3v) is 6.18. The molecule has 0 spiro atoms. The third-order valence-electron chi connectivity index (χ3n) is 6.18. The van der Waals surface area contributed by atoms with E-state index in [1.165, 1.54) is 11.1 Å². The molecule has 0 N–H and O–H groups in total. The van der Waals surface area contributed by atoms with Gasteiger partial charge in [0, 0.05) is 12.1 Å². The van der Waals surface area contributed by atoms with E-state index in [0.717, 1.165) is 31.2 Å². The van der Waals surface area contributed by atoms with Crippen LogP contribution in [0.2, 0.25) is 0 Å². The van der Waals surface area contributed by atoms with Gasteiger partial charge in [0.15, 0.2) is 0 Å². The van der Waals surface area contributed by atoms with Crippen molar-refractivity contribution in [2.75, 3.05) is 0 Å². The van der Waals surface area contributed by atoms with E-state index < -0.39 is 0 Å². The standard InChI is InChI=1S/C23H24N4O/c28-23(14-17-6-8-19(9-7-17)18-4-2-1-3-5-18)26-20-10-11-21(26)16-22(15-20)27-24-12-13-25-27/h1-9,12-13,20-22H,10-11,14-16H2. The van der Waals surface area contributed by atoms with E-state index in [1.807, 2.05) is 23.0 Å². The van der Waals surface area contributed by atoms with Crippen molar-refractivity contribution in [1.29, 1.82) is 0 Å². The highest BCUT2D eigenvalue weighted by molar-refractivity contribution is 5.80. The molecule has 2 fully saturated rings. The van der Waals surface area contributed by atoms with Gasteiger partial charge in [0.1, 0.15) is 0 Å². The van der Waals surface area contributed by atoms with Crippen LogP contribution in [0.15, 0.2) is 67.0 Å². The Morgan fingerprint density at radius 3 is 2.07 bits per heavy atom. The molecule has 2 unspecified atom stereocenters. The normalized spacial score (nSPS) is 23.7. The molecule has 2 aliphatic heterocycles. The van der Waals surface area contributed by atoms with Gasteiger partial charge >= 0.3 is 0 Å². The molecule has 0 aliphatic carbocycles. The highest BCUT2D eigenvalue weighted by Gasteiger charge is 2.43. The van der Waals surface area contributed by atoms with E-state index in [0.29, 0.717) is 24.5 Å². The number of hydrogen-bond donors (Lipinski definition) is 0. The highest BCUT2D eigenvalue weighted by atomic mass is 16.2. The number of nitrogens with zero attached hydrogens (tertiary/aromatic N) is 4. The first kappa shape index (κ1) is 17.2. The predicted molar refractivity (Wildman–Crippen MR) is 108 cm³/mol. The summed E-state index contributed by atoms with van der Waals surface area (Å²) in [5, 5.41) is 8.62. The largest absolute Gasteiger partial charge is 0.336 e. The fourth-order valence-electron chi connectivity index (χ4n) is 4.87. The minimum absolute atomic E-state index is 0.256. The van der Waals surface area contributed by atoms with Crippen LogP contribution in [0.4, 0.5) is 0 Å². The van der Waals surface area contributed by atoms with E-state index in [9.17, 15) is 4.79 Å². The number of aromatic nitrogens is 3. The highest BCUT2D eigenvalue weighted by Crippen LogP contribution is 2.40. The average Bonchev–Trinajstić information content (AvgIpc) is 3.36. The Bertz CT molecular complexity index is 923. The van der Waals surface area contributed by atoms with Gasteiger partial charge in [0.2, 0.25) is 5.91 Å². The summed E-state index contributed by atoms with van der Waals surface area (Å²) in [5.41, 5.74) is 3.47. The van der Waals surface area contributed by atoms with Crippen LogP contribution in [0, 0.1) is 0 Å². The number of piperidine rings is 1. The molecule has 3 aromatic rings. The second kappa shape index (κ2) is 7.23. The van der Waals surface area contributed by atoms with Crippen molar-refractivity contribution in [2.24, 2.45) is 0 Å². The van der Waals surface area contributed by atoms with Crippen molar-refractivity contribution < 1.29 is 4.79 Å². The fourth-order valence-corrected chi connectivity index (χ4v) is 4.87. The third kappa shape index (κ3) is 3.21. The van der Waals surface area contributed by atoms with Crippen LogP contribution in [0.1, 0.15) is 37.3 Å². The molecule has 5 rings (SSSR count). The Labute approximate surface area is 165 Å². The first-order valence-electron chi connectivity index (χ1n) is 10.1. The second-order valence-electron chi connectivity index (χ2n) is 7.90. The van der Waals surface area contributed by atoms with Crippen LogP contribution < -0.4 is 0 Å². The summed E-state index contributed by atoms with van der Waals surface area (Å²) in [4.78, 5) is 17.1. The average molecular weight is 372 g/mol. The van der Waals surface area contributed by atoms with Gasteiger partial charge in [0.25, 0.3) is 0 Å². The lowest BCUT2D eigenvalue weighted by Gasteiger charge is -2.38. The maximum absolute atomic E-state index is 13.1. The second-order valence-corrected chi connectivity index (χ2v) is 7.90. The molecule has 1 aromatic heterocycles. The molecular weight excluding hydrogens is 348 g/mol. The lowest BCUT2D eigenvalue weighted by molar-refractivity contribution is -0.135. The van der Waals surface area contributed by atoms with E-state index in [4.69, 9.17) is 0 Å². The molecule has 0 radical (unpaired) electrons. The molecule has 142 valence electrons. The summed E-state index contributed by atoms with van der Waals surface area (Å²) < 4.78 is 0. The summed E-state index contributed by atoms with van der Waals surface area (Å²) in [6.45, 7) is 0. The van der Waals surface area contributed by atoms with Crippen LogP contribution in [-0.2, 0) is 11.2 Å². The molecule has 5 nitrogen and oxygen atoms in total. The van der Waals surface area contributed by atoms with Gasteiger partial charge in [-0.25, -0.2) is 0 Å². The monoisotopic (exact) mass is 372 g/mol. The van der Waals surface area contributed by atoms with Crippen LogP contribution >= 0.6 is 0 Å². The number of benzene rings is 2. The lowest BCUT2D eigenvalue weighted by atomic mass is 9.96. The number of amides is 1. The Hall–Kier alpha value is -2.95. The van der Waals surface area contributed by atoms with Gasteiger partial charge in [0.05, 0.1) is 24.9 Å². The van der Waals surface area contributed by atoms with Crippen molar-refractivity contribution in [1.82, 2.24) is 19.9 Å². The van der Waals surface area contributed by atoms with Crippen LogP contribution in [0.3, 0.4) is 0 Å². The summed E-state index contributed by atoms with van der Waals surface area (Å²) in [6.07, 6.45) is 8.07. The van der Waals surface area contributed by atoms with E-state index in [-0.39, 0.29) is 5.91 Å². The summed E-state index contributed by atoms with van der Waals surface area (Å²) in [7, 11) is 0. The van der Waals surface area contributed by atoms with Gasteiger partial charge in [-0.3, -0.25) is 4.79 Å². The van der Waals surface area contributed by atoms with Crippen molar-refractivity contribution in [2.45, 2.75) is 50.2 Å². The molecule has 28 heavy (non-hydrogen) atoms. The van der Waals surface area contributed by atoms with Gasteiger partial charge < -0.3 is 4.90 Å². The molecule has 2 aromatic carbocycles. The zero-order valence-electron chi connectivity index (χ0n) is 15.8. The number of carbonyl (C=O) groups is 1. The van der Waals surface area contributed by atoms with Gasteiger partial charge in [-0.1, -0.05) is 54.6 Å². The Morgan fingerprint density at radius 2 is 1.43 bits per heavy atom. The van der Waals surface area contributed by atoms with Crippen LogP contribution in [0.5, 0.6) is 0 Å². The number of hydrogen-bond acceptors (Lipinski definition) is 3.